The van der Waals surface area contributed by atoms with Gasteiger partial charge in [-0.15, -0.1) is 0 Å². The van der Waals surface area contributed by atoms with E-state index in [1.54, 1.807) is 0 Å². The monoisotopic (exact) mass is 803 g/mol. The van der Waals surface area contributed by atoms with Crippen molar-refractivity contribution in [2.24, 2.45) is 0 Å². The SMILES string of the molecule is c1ccc(N(c2ccccc2)c2ccc(-c3ccc4c(c3)-n3c5ccccc5c5cc(-c6ccc(N(c7ccccc7)c7ccccc7)cc6)cc(c53)-c3ccccc3-4)cc2)cc1. The first-order valence-electron chi connectivity index (χ1n) is 21.6. The molecule has 12 rings (SSSR count). The van der Waals surface area contributed by atoms with Crippen LogP contribution in [0.2, 0.25) is 0 Å². The predicted molar refractivity (Wildman–Crippen MR) is 265 cm³/mol. The zero-order valence-corrected chi connectivity index (χ0v) is 34.5. The van der Waals surface area contributed by atoms with Crippen molar-refractivity contribution in [3.8, 4) is 50.2 Å². The van der Waals surface area contributed by atoms with Crippen molar-refractivity contribution in [2.75, 3.05) is 9.80 Å². The van der Waals surface area contributed by atoms with Gasteiger partial charge in [0.15, 0.2) is 0 Å². The molecule has 1 aromatic heterocycles. The number of rotatable bonds is 8. The Morgan fingerprint density at radius 1 is 0.254 bits per heavy atom. The first-order chi connectivity index (χ1) is 31.3. The minimum Gasteiger partial charge on any atom is -0.311 e. The van der Waals surface area contributed by atoms with Crippen LogP contribution < -0.4 is 9.80 Å². The van der Waals surface area contributed by atoms with Crippen molar-refractivity contribution in [1.82, 2.24) is 4.57 Å². The molecule has 0 radical (unpaired) electrons. The Labute approximate surface area is 367 Å². The number of para-hydroxylation sites is 5. The second-order valence-electron chi connectivity index (χ2n) is 16.2. The van der Waals surface area contributed by atoms with Crippen LogP contribution in [-0.2, 0) is 0 Å². The lowest BCUT2D eigenvalue weighted by molar-refractivity contribution is 1.19. The lowest BCUT2D eigenvalue weighted by Crippen LogP contribution is -2.09. The zero-order valence-electron chi connectivity index (χ0n) is 34.5. The molecule has 0 amide bonds. The highest BCUT2D eigenvalue weighted by Gasteiger charge is 2.26. The van der Waals surface area contributed by atoms with Crippen LogP contribution in [0.15, 0.2) is 249 Å². The van der Waals surface area contributed by atoms with Crippen molar-refractivity contribution in [1.29, 1.82) is 0 Å². The fraction of sp³-hybridized carbons (Fsp3) is 0. The average Bonchev–Trinajstić information content (AvgIpc) is 3.63. The van der Waals surface area contributed by atoms with E-state index in [-0.39, 0.29) is 0 Å². The Kier molecular flexibility index (Phi) is 8.83. The summed E-state index contributed by atoms with van der Waals surface area (Å²) in [6.45, 7) is 0. The number of benzene rings is 10. The largest absolute Gasteiger partial charge is 0.311 e. The average molecular weight is 804 g/mol. The van der Waals surface area contributed by atoms with E-state index in [2.05, 4.69) is 263 Å². The van der Waals surface area contributed by atoms with E-state index in [9.17, 15) is 0 Å². The summed E-state index contributed by atoms with van der Waals surface area (Å²) in [6, 6.07) is 90.0. The molecule has 10 aromatic carbocycles. The highest BCUT2D eigenvalue weighted by molar-refractivity contribution is 6.18. The molecule has 2 heterocycles. The molecule has 0 saturated heterocycles. The van der Waals surface area contributed by atoms with Crippen LogP contribution in [0.4, 0.5) is 34.1 Å². The van der Waals surface area contributed by atoms with Gasteiger partial charge in [-0.2, -0.15) is 0 Å². The standard InChI is InChI=1S/C60H41N3/c1-5-17-46(18-6-1)61(47-19-7-2-8-20-47)50-34-29-42(30-35-50)44-33-38-55-52-25-13-14-26-53(52)56-39-45(40-57-54-27-15-16-28-58(54)63(60(56)57)59(55)41-44)43-31-36-51(37-32-43)62(48-21-9-3-10-22-48)49-23-11-4-12-24-49/h1-41H. The molecule has 11 aromatic rings. The van der Waals surface area contributed by atoms with Crippen molar-refractivity contribution in [2.45, 2.75) is 0 Å². The summed E-state index contributed by atoms with van der Waals surface area (Å²) in [5, 5.41) is 2.49. The van der Waals surface area contributed by atoms with Gasteiger partial charge in [-0.05, 0) is 130 Å². The lowest BCUT2D eigenvalue weighted by atomic mass is 9.90. The quantitative estimate of drug-likeness (QED) is 0.152. The van der Waals surface area contributed by atoms with Gasteiger partial charge in [0.25, 0.3) is 0 Å². The maximum absolute atomic E-state index is 2.52. The van der Waals surface area contributed by atoms with Gasteiger partial charge in [0.1, 0.15) is 0 Å². The third-order valence-corrected chi connectivity index (χ3v) is 12.5. The molecule has 0 unspecified atom stereocenters. The van der Waals surface area contributed by atoms with Gasteiger partial charge in [0.2, 0.25) is 0 Å². The van der Waals surface area contributed by atoms with Crippen LogP contribution in [-0.4, -0.2) is 4.57 Å². The predicted octanol–water partition coefficient (Wildman–Crippen LogP) is 16.7. The normalized spacial score (nSPS) is 11.5. The van der Waals surface area contributed by atoms with Gasteiger partial charge < -0.3 is 14.4 Å². The summed E-state index contributed by atoms with van der Waals surface area (Å²) in [5.74, 6) is 0. The lowest BCUT2D eigenvalue weighted by Gasteiger charge is -2.25. The Morgan fingerprint density at radius 2 is 0.667 bits per heavy atom. The molecule has 1 aliphatic heterocycles. The summed E-state index contributed by atoms with van der Waals surface area (Å²) >= 11 is 0. The number of aromatic nitrogens is 1. The van der Waals surface area contributed by atoms with E-state index < -0.39 is 0 Å². The third kappa shape index (κ3) is 6.29. The molecule has 0 bridgehead atoms. The Balaban J connectivity index is 0.990. The highest BCUT2D eigenvalue weighted by Crippen LogP contribution is 2.49. The molecule has 296 valence electrons. The van der Waals surface area contributed by atoms with Crippen LogP contribution in [0.3, 0.4) is 0 Å². The van der Waals surface area contributed by atoms with E-state index in [1.165, 1.54) is 72.0 Å². The minimum atomic E-state index is 1.11. The number of fused-ring (bicyclic) bond motifs is 8. The first-order valence-corrected chi connectivity index (χ1v) is 21.6. The van der Waals surface area contributed by atoms with Gasteiger partial charge in [-0.1, -0.05) is 152 Å². The Hall–Kier alpha value is -8.40. The van der Waals surface area contributed by atoms with Gasteiger partial charge in [-0.3, -0.25) is 0 Å². The van der Waals surface area contributed by atoms with Gasteiger partial charge in [0, 0.05) is 56.0 Å². The number of hydrogen-bond donors (Lipinski definition) is 0. The molecule has 1 aliphatic rings. The fourth-order valence-corrected chi connectivity index (χ4v) is 9.61. The second-order valence-corrected chi connectivity index (χ2v) is 16.2. The summed E-state index contributed by atoms with van der Waals surface area (Å²) in [7, 11) is 0. The summed E-state index contributed by atoms with van der Waals surface area (Å²) in [4.78, 5) is 4.62. The van der Waals surface area contributed by atoms with E-state index in [0.29, 0.717) is 0 Å². The van der Waals surface area contributed by atoms with Gasteiger partial charge >= 0.3 is 0 Å². The van der Waals surface area contributed by atoms with Crippen LogP contribution >= 0.6 is 0 Å². The zero-order chi connectivity index (χ0) is 41.7. The van der Waals surface area contributed by atoms with E-state index in [0.717, 1.165) is 34.1 Å². The Bertz CT molecular complexity index is 3330. The molecule has 0 N–H and O–H groups in total. The fourth-order valence-electron chi connectivity index (χ4n) is 9.61. The van der Waals surface area contributed by atoms with Crippen molar-refractivity contribution in [3.05, 3.63) is 249 Å². The molecule has 3 heteroatoms. The first kappa shape index (κ1) is 36.5. The van der Waals surface area contributed by atoms with Crippen LogP contribution in [0.1, 0.15) is 0 Å². The van der Waals surface area contributed by atoms with Crippen molar-refractivity contribution in [3.63, 3.8) is 0 Å². The molecule has 0 fully saturated rings. The van der Waals surface area contributed by atoms with E-state index in [4.69, 9.17) is 0 Å². The Morgan fingerprint density at radius 3 is 1.19 bits per heavy atom. The van der Waals surface area contributed by atoms with Crippen molar-refractivity contribution >= 4 is 55.9 Å². The summed E-state index contributed by atoms with van der Waals surface area (Å²) in [6.07, 6.45) is 0. The molecular formula is C60H41N3. The van der Waals surface area contributed by atoms with Crippen LogP contribution in [0, 0.1) is 0 Å². The third-order valence-electron chi connectivity index (χ3n) is 12.5. The molecular weight excluding hydrogens is 763 g/mol. The highest BCUT2D eigenvalue weighted by atomic mass is 15.1. The van der Waals surface area contributed by atoms with Crippen LogP contribution in [0.5, 0.6) is 0 Å². The second kappa shape index (κ2) is 15.3. The van der Waals surface area contributed by atoms with E-state index in [1.807, 2.05) is 0 Å². The molecule has 0 spiro atoms. The maximum Gasteiger partial charge on any atom is 0.0620 e. The smallest absolute Gasteiger partial charge is 0.0620 e. The molecule has 0 atom stereocenters. The van der Waals surface area contributed by atoms with Gasteiger partial charge in [0.05, 0.1) is 16.7 Å². The van der Waals surface area contributed by atoms with E-state index >= 15 is 0 Å². The molecule has 63 heavy (non-hydrogen) atoms. The minimum absolute atomic E-state index is 1.11. The topological polar surface area (TPSA) is 11.4 Å². The molecule has 0 saturated carbocycles. The van der Waals surface area contributed by atoms with Crippen molar-refractivity contribution < 1.29 is 0 Å². The number of anilines is 6. The molecule has 0 aliphatic carbocycles. The summed E-state index contributed by atoms with van der Waals surface area (Å²) < 4.78 is 2.52. The number of nitrogens with zero attached hydrogens (tertiary/aromatic N) is 3. The molecule has 3 nitrogen and oxygen atoms in total. The maximum atomic E-state index is 2.52. The summed E-state index contributed by atoms with van der Waals surface area (Å²) in [5.41, 5.74) is 20.0. The number of hydrogen-bond acceptors (Lipinski definition) is 2. The van der Waals surface area contributed by atoms with Crippen LogP contribution in [0.25, 0.3) is 72.0 Å². The van der Waals surface area contributed by atoms with Gasteiger partial charge in [-0.25, -0.2) is 0 Å².